The fraction of sp³-hybridized carbons (Fsp3) is 0.308. The van der Waals surface area contributed by atoms with E-state index in [0.29, 0.717) is 18.8 Å². The van der Waals surface area contributed by atoms with Gasteiger partial charge in [0.2, 0.25) is 10.0 Å². The van der Waals surface area contributed by atoms with Crippen LogP contribution in [0, 0.1) is 0 Å². The van der Waals surface area contributed by atoms with Crippen molar-refractivity contribution in [2.75, 3.05) is 12.4 Å². The molecule has 0 unspecified atom stereocenters. The Hall–Kier alpha value is -0.950. The molecule has 1 aromatic heterocycles. The van der Waals surface area contributed by atoms with Gasteiger partial charge in [0.15, 0.2) is 0 Å². The fourth-order valence-electron chi connectivity index (χ4n) is 1.70. The number of sulfonamides is 1. The molecule has 108 valence electrons. The molecule has 0 aliphatic carbocycles. The van der Waals surface area contributed by atoms with E-state index in [1.807, 2.05) is 5.38 Å². The average molecular weight is 331 g/mol. The lowest BCUT2D eigenvalue weighted by Crippen LogP contribution is -2.25. The van der Waals surface area contributed by atoms with E-state index in [4.69, 9.17) is 11.6 Å². The first-order chi connectivity index (χ1) is 9.62. The highest BCUT2D eigenvalue weighted by molar-refractivity contribution is 7.89. The lowest BCUT2D eigenvalue weighted by molar-refractivity contribution is 0.581. The summed E-state index contributed by atoms with van der Waals surface area (Å²) in [4.78, 5) is 4.38. The predicted molar refractivity (Wildman–Crippen MR) is 81.9 cm³/mol. The smallest absolute Gasteiger partial charge is 0.240 e. The SMILES string of the molecule is O=S(=O)(NCCc1nccs1)c1ccc(CCCl)cc1. The summed E-state index contributed by atoms with van der Waals surface area (Å²) in [5, 5.41) is 2.80. The minimum atomic E-state index is -3.45. The molecule has 2 aromatic rings. The first-order valence-corrected chi connectivity index (χ1v) is 9.04. The summed E-state index contributed by atoms with van der Waals surface area (Å²) in [5.74, 6) is 0.526. The molecule has 1 N–H and O–H groups in total. The molecular formula is C13H15ClN2O2S2. The van der Waals surface area contributed by atoms with Crippen LogP contribution in [0.3, 0.4) is 0 Å². The van der Waals surface area contributed by atoms with Gasteiger partial charge in [-0.25, -0.2) is 18.1 Å². The van der Waals surface area contributed by atoms with E-state index in [-0.39, 0.29) is 4.90 Å². The second-order valence-electron chi connectivity index (χ2n) is 4.16. The monoisotopic (exact) mass is 330 g/mol. The largest absolute Gasteiger partial charge is 0.250 e. The summed E-state index contributed by atoms with van der Waals surface area (Å²) >= 11 is 7.17. The lowest BCUT2D eigenvalue weighted by Gasteiger charge is -2.06. The molecule has 0 spiro atoms. The van der Waals surface area contributed by atoms with Crippen LogP contribution in [0.25, 0.3) is 0 Å². The van der Waals surface area contributed by atoms with Crippen molar-refractivity contribution in [3.05, 3.63) is 46.4 Å². The number of aryl methyl sites for hydroxylation is 1. The highest BCUT2D eigenvalue weighted by Gasteiger charge is 2.13. The molecule has 2 rings (SSSR count). The molecule has 0 amide bonds. The number of hydrogen-bond donors (Lipinski definition) is 1. The minimum absolute atomic E-state index is 0.273. The van der Waals surface area contributed by atoms with Crippen molar-refractivity contribution < 1.29 is 8.42 Å². The quantitative estimate of drug-likeness (QED) is 0.793. The third-order valence-corrected chi connectivity index (χ3v) is 5.24. The Morgan fingerprint density at radius 3 is 2.55 bits per heavy atom. The Balaban J connectivity index is 1.95. The van der Waals surface area contributed by atoms with Crippen molar-refractivity contribution in [2.45, 2.75) is 17.7 Å². The van der Waals surface area contributed by atoms with Gasteiger partial charge >= 0.3 is 0 Å². The molecule has 0 aliphatic heterocycles. The molecule has 7 heteroatoms. The molecule has 20 heavy (non-hydrogen) atoms. The summed E-state index contributed by atoms with van der Waals surface area (Å²) in [6.07, 6.45) is 3.05. The molecule has 4 nitrogen and oxygen atoms in total. The van der Waals surface area contributed by atoms with E-state index >= 15 is 0 Å². The van der Waals surface area contributed by atoms with E-state index < -0.39 is 10.0 Å². The van der Waals surface area contributed by atoms with Crippen LogP contribution < -0.4 is 4.72 Å². The minimum Gasteiger partial charge on any atom is -0.250 e. The molecule has 0 aliphatic rings. The number of halogens is 1. The summed E-state index contributed by atoms with van der Waals surface area (Å²) in [5.41, 5.74) is 1.03. The number of aromatic nitrogens is 1. The molecule has 0 fully saturated rings. The zero-order valence-electron chi connectivity index (χ0n) is 10.8. The summed E-state index contributed by atoms with van der Waals surface area (Å²) < 4.78 is 26.7. The van der Waals surface area contributed by atoms with Gasteiger partial charge in [-0.15, -0.1) is 22.9 Å². The van der Waals surface area contributed by atoms with E-state index in [1.165, 1.54) is 11.3 Å². The molecular weight excluding hydrogens is 316 g/mol. The van der Waals surface area contributed by atoms with E-state index in [9.17, 15) is 8.42 Å². The van der Waals surface area contributed by atoms with Crippen LogP contribution >= 0.6 is 22.9 Å². The second-order valence-corrected chi connectivity index (χ2v) is 7.28. The van der Waals surface area contributed by atoms with Crippen molar-refractivity contribution in [3.63, 3.8) is 0 Å². The number of rotatable bonds is 7. The number of benzene rings is 1. The van der Waals surface area contributed by atoms with Gasteiger partial charge in [-0.2, -0.15) is 0 Å². The number of hydrogen-bond acceptors (Lipinski definition) is 4. The Kier molecular flexibility index (Phi) is 5.54. The summed E-state index contributed by atoms with van der Waals surface area (Å²) in [6.45, 7) is 0.347. The third kappa shape index (κ3) is 4.28. The first-order valence-electron chi connectivity index (χ1n) is 6.15. The van der Waals surface area contributed by atoms with Crippen molar-refractivity contribution in [3.8, 4) is 0 Å². The molecule has 1 heterocycles. The first kappa shape index (κ1) is 15.4. The maximum atomic E-state index is 12.1. The predicted octanol–water partition coefficient (Wildman–Crippen LogP) is 2.45. The zero-order chi connectivity index (χ0) is 14.4. The van der Waals surface area contributed by atoms with Gasteiger partial charge in [0.25, 0.3) is 0 Å². The van der Waals surface area contributed by atoms with Gasteiger partial charge in [-0.3, -0.25) is 0 Å². The molecule has 0 radical (unpaired) electrons. The van der Waals surface area contributed by atoms with Gasteiger partial charge in [-0.05, 0) is 24.1 Å². The molecule has 0 atom stereocenters. The van der Waals surface area contributed by atoms with Crippen molar-refractivity contribution in [1.82, 2.24) is 9.71 Å². The van der Waals surface area contributed by atoms with Gasteiger partial charge < -0.3 is 0 Å². The van der Waals surface area contributed by atoms with Gasteiger partial charge in [0.05, 0.1) is 9.90 Å². The van der Waals surface area contributed by atoms with E-state index in [1.54, 1.807) is 30.5 Å². The normalized spacial score (nSPS) is 11.7. The van der Waals surface area contributed by atoms with Crippen LogP contribution in [-0.2, 0) is 22.9 Å². The van der Waals surface area contributed by atoms with Crippen LogP contribution in [0.5, 0.6) is 0 Å². The van der Waals surface area contributed by atoms with Crippen LogP contribution in [0.4, 0.5) is 0 Å². The maximum Gasteiger partial charge on any atom is 0.240 e. The standard InChI is InChI=1S/C13H15ClN2O2S2/c14-7-5-11-1-3-12(4-2-11)20(17,18)16-8-6-13-15-9-10-19-13/h1-4,9-10,16H,5-8H2. The third-order valence-electron chi connectivity index (χ3n) is 2.73. The average Bonchev–Trinajstić information content (AvgIpc) is 2.93. The van der Waals surface area contributed by atoms with Crippen molar-refractivity contribution >= 4 is 33.0 Å². The van der Waals surface area contributed by atoms with Gasteiger partial charge in [0.1, 0.15) is 0 Å². The summed E-state index contributed by atoms with van der Waals surface area (Å²) in [6, 6.07) is 6.79. The van der Waals surface area contributed by atoms with Crippen molar-refractivity contribution in [1.29, 1.82) is 0 Å². The molecule has 0 bridgehead atoms. The Bertz CT molecular complexity index is 625. The van der Waals surface area contributed by atoms with E-state index in [0.717, 1.165) is 17.0 Å². The number of alkyl halides is 1. The summed E-state index contributed by atoms with van der Waals surface area (Å²) in [7, 11) is -3.45. The van der Waals surface area contributed by atoms with E-state index in [2.05, 4.69) is 9.71 Å². The number of thiazole rings is 1. The van der Waals surface area contributed by atoms with Gasteiger partial charge in [-0.1, -0.05) is 12.1 Å². The van der Waals surface area contributed by atoms with Crippen LogP contribution in [0.15, 0.2) is 40.7 Å². The zero-order valence-corrected chi connectivity index (χ0v) is 13.1. The topological polar surface area (TPSA) is 59.1 Å². The Morgan fingerprint density at radius 1 is 1.20 bits per heavy atom. The molecule has 0 saturated heterocycles. The van der Waals surface area contributed by atoms with Gasteiger partial charge in [0, 0.05) is 30.4 Å². The fourth-order valence-corrected chi connectivity index (χ4v) is 3.57. The van der Waals surface area contributed by atoms with Crippen LogP contribution in [0.1, 0.15) is 10.6 Å². The number of nitrogens with zero attached hydrogens (tertiary/aromatic N) is 1. The van der Waals surface area contributed by atoms with Crippen molar-refractivity contribution in [2.24, 2.45) is 0 Å². The lowest BCUT2D eigenvalue weighted by atomic mass is 10.2. The second kappa shape index (κ2) is 7.17. The molecule has 0 saturated carbocycles. The highest BCUT2D eigenvalue weighted by Crippen LogP contribution is 2.12. The highest BCUT2D eigenvalue weighted by atomic mass is 35.5. The number of nitrogens with one attached hydrogen (secondary N) is 1. The maximum absolute atomic E-state index is 12.1. The van der Waals surface area contributed by atoms with Crippen LogP contribution in [-0.4, -0.2) is 25.8 Å². The molecule has 1 aromatic carbocycles. The Labute approximate surface area is 127 Å². The van der Waals surface area contributed by atoms with Crippen LogP contribution in [0.2, 0.25) is 0 Å². The Morgan fingerprint density at radius 2 is 1.95 bits per heavy atom.